The third kappa shape index (κ3) is 7.57. The second-order valence-corrected chi connectivity index (χ2v) is 10.4. The van der Waals surface area contributed by atoms with Gasteiger partial charge >= 0.3 is 0 Å². The molecule has 1 aromatic rings. The van der Waals surface area contributed by atoms with Gasteiger partial charge in [-0.2, -0.15) is 0 Å². The zero-order chi connectivity index (χ0) is 22.8. The molecule has 2 aliphatic heterocycles. The molecule has 0 radical (unpaired) electrons. The summed E-state index contributed by atoms with van der Waals surface area (Å²) in [5, 5.41) is 4.27. The standard InChI is InChI=1S/C25H38N4S.C2H6/c26-22(18-19-12-16-29(17-13-19)23-10-14-28-15-11-23)6-9-25(27)30-24-7-4-21(5-8-24)20-2-1-3-20;1-2/h4-9,19-20,23,28H,1-3,10-18,26-27H2;1-2H3/b22-6-,25-9+;. The molecule has 4 nitrogen and oxygen atoms in total. The van der Waals surface area contributed by atoms with Crippen LogP contribution in [-0.2, 0) is 0 Å². The van der Waals surface area contributed by atoms with Crippen molar-refractivity contribution in [2.24, 2.45) is 17.4 Å². The van der Waals surface area contributed by atoms with Gasteiger partial charge in [0.25, 0.3) is 0 Å². The van der Waals surface area contributed by atoms with Crippen LogP contribution in [0.2, 0.25) is 0 Å². The summed E-state index contributed by atoms with van der Waals surface area (Å²) in [4.78, 5) is 3.91. The number of thioether (sulfide) groups is 1. The minimum absolute atomic E-state index is 0.709. The lowest BCUT2D eigenvalue weighted by molar-refractivity contribution is 0.111. The van der Waals surface area contributed by atoms with Crippen LogP contribution >= 0.6 is 11.8 Å². The third-order valence-corrected chi connectivity index (χ3v) is 8.03. The number of piperidine rings is 2. The zero-order valence-corrected chi connectivity index (χ0v) is 21.0. The van der Waals surface area contributed by atoms with E-state index in [2.05, 4.69) is 34.5 Å². The molecular weight excluding hydrogens is 412 g/mol. The molecule has 2 saturated heterocycles. The maximum absolute atomic E-state index is 6.33. The second kappa shape index (κ2) is 13.3. The van der Waals surface area contributed by atoms with Gasteiger partial charge in [0.05, 0.1) is 5.03 Å². The van der Waals surface area contributed by atoms with E-state index in [1.165, 1.54) is 81.6 Å². The summed E-state index contributed by atoms with van der Waals surface area (Å²) < 4.78 is 0. The Bertz CT molecular complexity index is 725. The van der Waals surface area contributed by atoms with E-state index in [1.807, 2.05) is 26.0 Å². The lowest BCUT2D eigenvalue weighted by Crippen LogP contribution is -2.46. The van der Waals surface area contributed by atoms with Crippen LogP contribution in [0.25, 0.3) is 0 Å². The Morgan fingerprint density at radius 2 is 1.62 bits per heavy atom. The Hall–Kier alpha value is -1.43. The fourth-order valence-corrected chi connectivity index (χ4v) is 5.68. The van der Waals surface area contributed by atoms with Crippen LogP contribution in [0.15, 0.2) is 52.0 Å². The Labute approximate surface area is 200 Å². The van der Waals surface area contributed by atoms with Crippen molar-refractivity contribution in [2.45, 2.75) is 82.1 Å². The van der Waals surface area contributed by atoms with Crippen molar-refractivity contribution in [1.29, 1.82) is 0 Å². The Morgan fingerprint density at radius 1 is 0.969 bits per heavy atom. The van der Waals surface area contributed by atoms with Gasteiger partial charge in [-0.1, -0.05) is 44.2 Å². The van der Waals surface area contributed by atoms with Crippen LogP contribution in [-0.4, -0.2) is 37.1 Å². The predicted molar refractivity (Wildman–Crippen MR) is 140 cm³/mol. The summed E-state index contributed by atoms with van der Waals surface area (Å²) in [7, 11) is 0. The molecule has 0 atom stereocenters. The Balaban J connectivity index is 0.00000141. The summed E-state index contributed by atoms with van der Waals surface area (Å²) in [6.45, 7) is 8.81. The van der Waals surface area contributed by atoms with Crippen LogP contribution in [0.3, 0.4) is 0 Å². The summed E-state index contributed by atoms with van der Waals surface area (Å²) in [6.07, 6.45) is 14.2. The monoisotopic (exact) mass is 456 g/mol. The lowest BCUT2D eigenvalue weighted by Gasteiger charge is -2.39. The van der Waals surface area contributed by atoms with Gasteiger partial charge in [0.2, 0.25) is 0 Å². The number of likely N-dealkylation sites (tertiary alicyclic amines) is 1. The SMILES string of the molecule is CC.N/C(=C\C=C(/N)Sc1ccc(C2CCC2)cc1)CC1CCN(C2CCNCC2)CC1. The first-order valence-electron chi connectivity index (χ1n) is 12.8. The van der Waals surface area contributed by atoms with Gasteiger partial charge in [-0.3, -0.25) is 0 Å². The van der Waals surface area contributed by atoms with E-state index >= 15 is 0 Å². The average molecular weight is 457 g/mol. The van der Waals surface area contributed by atoms with Crippen molar-refractivity contribution in [3.05, 3.63) is 52.7 Å². The van der Waals surface area contributed by atoms with Crippen molar-refractivity contribution < 1.29 is 0 Å². The van der Waals surface area contributed by atoms with Crippen molar-refractivity contribution in [3.63, 3.8) is 0 Å². The molecule has 0 amide bonds. The lowest BCUT2D eigenvalue weighted by atomic mass is 9.80. The molecule has 1 saturated carbocycles. The number of nitrogens with two attached hydrogens (primary N) is 2. The number of nitrogens with one attached hydrogen (secondary N) is 1. The fourth-order valence-electron chi connectivity index (χ4n) is 5.00. The van der Waals surface area contributed by atoms with E-state index in [1.54, 1.807) is 11.8 Å². The smallest absolute Gasteiger partial charge is 0.0704 e. The third-order valence-electron chi connectivity index (χ3n) is 7.15. The number of nitrogens with zero attached hydrogens (tertiary/aromatic N) is 1. The molecule has 1 aliphatic carbocycles. The maximum atomic E-state index is 6.33. The maximum Gasteiger partial charge on any atom is 0.0704 e. The highest BCUT2D eigenvalue weighted by molar-refractivity contribution is 8.03. The topological polar surface area (TPSA) is 67.3 Å². The van der Waals surface area contributed by atoms with E-state index in [9.17, 15) is 0 Å². The highest BCUT2D eigenvalue weighted by Gasteiger charge is 2.26. The second-order valence-electron chi connectivity index (χ2n) is 9.27. The molecule has 178 valence electrons. The molecule has 32 heavy (non-hydrogen) atoms. The van der Waals surface area contributed by atoms with Crippen LogP contribution in [0, 0.1) is 5.92 Å². The minimum atomic E-state index is 0.709. The summed E-state index contributed by atoms with van der Waals surface area (Å²) in [5.41, 5.74) is 15.0. The number of benzene rings is 1. The molecule has 1 aromatic carbocycles. The zero-order valence-electron chi connectivity index (χ0n) is 20.2. The summed E-state index contributed by atoms with van der Waals surface area (Å²) in [6, 6.07) is 9.71. The summed E-state index contributed by atoms with van der Waals surface area (Å²) >= 11 is 1.62. The molecule has 0 spiro atoms. The molecular formula is C27H44N4S. The van der Waals surface area contributed by atoms with Gasteiger partial charge in [-0.25, -0.2) is 0 Å². The van der Waals surface area contributed by atoms with E-state index in [4.69, 9.17) is 11.5 Å². The van der Waals surface area contributed by atoms with Crippen molar-refractivity contribution in [2.75, 3.05) is 26.2 Å². The highest BCUT2D eigenvalue weighted by atomic mass is 32.2. The first-order chi connectivity index (χ1) is 15.7. The van der Waals surface area contributed by atoms with Crippen LogP contribution in [0.5, 0.6) is 0 Å². The molecule has 0 bridgehead atoms. The Kier molecular flexibility index (Phi) is 10.5. The number of rotatable bonds is 7. The van der Waals surface area contributed by atoms with Gasteiger partial charge in [-0.05, 0) is 113 Å². The first kappa shape index (κ1) is 25.2. The number of allylic oxidation sites excluding steroid dienone is 3. The van der Waals surface area contributed by atoms with Crippen LogP contribution < -0.4 is 16.8 Å². The molecule has 5 N–H and O–H groups in total. The van der Waals surface area contributed by atoms with E-state index in [-0.39, 0.29) is 0 Å². The molecule has 2 heterocycles. The quantitative estimate of drug-likeness (QED) is 0.370. The number of hydrogen-bond acceptors (Lipinski definition) is 5. The molecule has 5 heteroatoms. The predicted octanol–water partition coefficient (Wildman–Crippen LogP) is 5.57. The Morgan fingerprint density at radius 3 is 2.22 bits per heavy atom. The normalized spacial score (nSPS) is 22.2. The first-order valence-corrected chi connectivity index (χ1v) is 13.6. The van der Waals surface area contributed by atoms with Gasteiger partial charge in [0, 0.05) is 16.6 Å². The van der Waals surface area contributed by atoms with Crippen LogP contribution in [0.4, 0.5) is 0 Å². The fraction of sp³-hybridized carbons (Fsp3) is 0.630. The summed E-state index contributed by atoms with van der Waals surface area (Å²) in [5.74, 6) is 1.49. The van der Waals surface area contributed by atoms with Gasteiger partial charge < -0.3 is 21.7 Å². The van der Waals surface area contributed by atoms with E-state index in [0.717, 1.165) is 29.1 Å². The van der Waals surface area contributed by atoms with Crippen molar-refractivity contribution in [3.8, 4) is 0 Å². The molecule has 0 unspecified atom stereocenters. The highest BCUT2D eigenvalue weighted by Crippen LogP contribution is 2.37. The molecule has 4 rings (SSSR count). The van der Waals surface area contributed by atoms with Crippen molar-refractivity contribution in [1.82, 2.24) is 10.2 Å². The van der Waals surface area contributed by atoms with Gasteiger partial charge in [-0.15, -0.1) is 0 Å². The van der Waals surface area contributed by atoms with E-state index in [0.29, 0.717) is 5.92 Å². The van der Waals surface area contributed by atoms with Crippen LogP contribution in [0.1, 0.15) is 76.7 Å². The average Bonchev–Trinajstić information content (AvgIpc) is 2.80. The van der Waals surface area contributed by atoms with Gasteiger partial charge in [0.1, 0.15) is 0 Å². The van der Waals surface area contributed by atoms with Crippen molar-refractivity contribution >= 4 is 11.8 Å². The number of hydrogen-bond donors (Lipinski definition) is 3. The molecule has 3 aliphatic rings. The van der Waals surface area contributed by atoms with Gasteiger partial charge in [0.15, 0.2) is 0 Å². The van der Waals surface area contributed by atoms with E-state index < -0.39 is 0 Å². The molecule has 3 fully saturated rings. The minimum Gasteiger partial charge on any atom is -0.402 e. The largest absolute Gasteiger partial charge is 0.402 e. The molecule has 0 aromatic heterocycles.